The number of rotatable bonds is 3. The topological polar surface area (TPSA) is 60.2 Å². The summed E-state index contributed by atoms with van der Waals surface area (Å²) in [5.41, 5.74) is 7.43. The van der Waals surface area contributed by atoms with Crippen molar-refractivity contribution in [3.05, 3.63) is 29.3 Å². The van der Waals surface area contributed by atoms with Crippen LogP contribution in [-0.2, 0) is 9.84 Å². The van der Waals surface area contributed by atoms with E-state index in [1.807, 2.05) is 26.0 Å². The molecule has 1 aromatic carbocycles. The van der Waals surface area contributed by atoms with Crippen LogP contribution in [0.4, 0.5) is 0 Å². The molecule has 0 fully saturated rings. The zero-order valence-corrected chi connectivity index (χ0v) is 10.1. The third kappa shape index (κ3) is 2.79. The summed E-state index contributed by atoms with van der Waals surface area (Å²) in [6.07, 6.45) is 1.22. The van der Waals surface area contributed by atoms with Gasteiger partial charge in [0.05, 0.1) is 4.90 Å². The molecule has 3 nitrogen and oxygen atoms in total. The molecule has 0 saturated heterocycles. The number of hydrogen-bond donors (Lipinski definition) is 1. The molecule has 84 valence electrons. The lowest BCUT2D eigenvalue weighted by atomic mass is 10.00. The summed E-state index contributed by atoms with van der Waals surface area (Å²) in [4.78, 5) is 0.399. The second-order valence-corrected chi connectivity index (χ2v) is 5.92. The van der Waals surface area contributed by atoms with Crippen LogP contribution >= 0.6 is 0 Å². The Labute approximate surface area is 91.2 Å². The molecule has 0 aromatic heterocycles. The van der Waals surface area contributed by atoms with E-state index in [0.29, 0.717) is 11.4 Å². The molecule has 0 aliphatic heterocycles. The molecule has 0 amide bonds. The Hall–Kier alpha value is -0.870. The summed E-state index contributed by atoms with van der Waals surface area (Å²) in [5, 5.41) is 0. The Kier molecular flexibility index (Phi) is 3.52. The lowest BCUT2D eigenvalue weighted by Crippen LogP contribution is -2.09. The predicted molar refractivity (Wildman–Crippen MR) is 61.8 cm³/mol. The van der Waals surface area contributed by atoms with Gasteiger partial charge in [-0.15, -0.1) is 0 Å². The normalized spacial score (nSPS) is 13.9. The smallest absolute Gasteiger partial charge is 0.175 e. The standard InChI is InChI=1S/C11H17NO2S/c1-8-6-10(9(2)7-12)4-5-11(8)15(3,13)14/h4-6,9H,7,12H2,1-3H3. The van der Waals surface area contributed by atoms with Gasteiger partial charge in [-0.25, -0.2) is 8.42 Å². The van der Waals surface area contributed by atoms with Gasteiger partial charge in [0.15, 0.2) is 9.84 Å². The van der Waals surface area contributed by atoms with Crippen LogP contribution in [0.25, 0.3) is 0 Å². The van der Waals surface area contributed by atoms with Gasteiger partial charge in [-0.3, -0.25) is 0 Å². The van der Waals surface area contributed by atoms with Gasteiger partial charge in [-0.05, 0) is 36.6 Å². The van der Waals surface area contributed by atoms with Crippen LogP contribution in [0, 0.1) is 6.92 Å². The second-order valence-electron chi connectivity index (χ2n) is 3.93. The summed E-state index contributed by atoms with van der Waals surface area (Å²) in [7, 11) is -3.11. The van der Waals surface area contributed by atoms with E-state index in [1.54, 1.807) is 6.07 Å². The van der Waals surface area contributed by atoms with Gasteiger partial charge in [-0.1, -0.05) is 19.1 Å². The van der Waals surface area contributed by atoms with Crippen molar-refractivity contribution >= 4 is 9.84 Å². The maximum absolute atomic E-state index is 11.4. The van der Waals surface area contributed by atoms with E-state index in [2.05, 4.69) is 0 Å². The maximum Gasteiger partial charge on any atom is 0.175 e. The minimum Gasteiger partial charge on any atom is -0.330 e. The van der Waals surface area contributed by atoms with Crippen molar-refractivity contribution in [2.45, 2.75) is 24.7 Å². The first-order valence-corrected chi connectivity index (χ1v) is 6.76. The molecule has 0 saturated carbocycles. The highest BCUT2D eigenvalue weighted by molar-refractivity contribution is 7.90. The first kappa shape index (κ1) is 12.2. The number of nitrogens with two attached hydrogens (primary N) is 1. The van der Waals surface area contributed by atoms with Crippen LogP contribution in [0.15, 0.2) is 23.1 Å². The number of aryl methyl sites for hydroxylation is 1. The molecule has 0 aliphatic rings. The van der Waals surface area contributed by atoms with Gasteiger partial charge in [-0.2, -0.15) is 0 Å². The lowest BCUT2D eigenvalue weighted by Gasteiger charge is -2.11. The molecule has 1 aromatic rings. The predicted octanol–water partition coefficient (Wildman–Crippen LogP) is 1.46. The Morgan fingerprint density at radius 2 is 2.00 bits per heavy atom. The first-order valence-electron chi connectivity index (χ1n) is 4.87. The number of hydrogen-bond acceptors (Lipinski definition) is 3. The highest BCUT2D eigenvalue weighted by Gasteiger charge is 2.12. The van der Waals surface area contributed by atoms with Crippen LogP contribution in [0.3, 0.4) is 0 Å². The average Bonchev–Trinajstić information content (AvgIpc) is 2.14. The highest BCUT2D eigenvalue weighted by Crippen LogP contribution is 2.21. The second kappa shape index (κ2) is 4.33. The van der Waals surface area contributed by atoms with Crippen molar-refractivity contribution in [3.8, 4) is 0 Å². The van der Waals surface area contributed by atoms with E-state index >= 15 is 0 Å². The minimum absolute atomic E-state index is 0.261. The van der Waals surface area contributed by atoms with E-state index in [-0.39, 0.29) is 5.92 Å². The molecule has 15 heavy (non-hydrogen) atoms. The zero-order valence-electron chi connectivity index (χ0n) is 9.32. The molecule has 0 heterocycles. The van der Waals surface area contributed by atoms with Crippen LogP contribution in [0.1, 0.15) is 24.0 Å². The SMILES string of the molecule is Cc1cc(C(C)CN)ccc1S(C)(=O)=O. The van der Waals surface area contributed by atoms with E-state index in [4.69, 9.17) is 5.73 Å². The van der Waals surface area contributed by atoms with Crippen LogP contribution in [0.5, 0.6) is 0 Å². The van der Waals surface area contributed by atoms with Crippen molar-refractivity contribution in [2.24, 2.45) is 5.73 Å². The summed E-state index contributed by atoms with van der Waals surface area (Å²) >= 11 is 0. The van der Waals surface area contributed by atoms with Crippen molar-refractivity contribution in [1.29, 1.82) is 0 Å². The summed E-state index contributed by atoms with van der Waals surface area (Å²) in [6.45, 7) is 4.40. The highest BCUT2D eigenvalue weighted by atomic mass is 32.2. The lowest BCUT2D eigenvalue weighted by molar-refractivity contribution is 0.601. The van der Waals surface area contributed by atoms with E-state index < -0.39 is 9.84 Å². The molecule has 0 aliphatic carbocycles. The summed E-state index contributed by atoms with van der Waals surface area (Å²) < 4.78 is 22.8. The minimum atomic E-state index is -3.11. The van der Waals surface area contributed by atoms with E-state index in [1.165, 1.54) is 6.26 Å². The quantitative estimate of drug-likeness (QED) is 0.850. The third-order valence-electron chi connectivity index (χ3n) is 2.52. The van der Waals surface area contributed by atoms with Gasteiger partial charge < -0.3 is 5.73 Å². The number of sulfone groups is 1. The van der Waals surface area contributed by atoms with Crippen molar-refractivity contribution in [3.63, 3.8) is 0 Å². The third-order valence-corrected chi connectivity index (χ3v) is 3.78. The van der Waals surface area contributed by atoms with Crippen molar-refractivity contribution < 1.29 is 8.42 Å². The van der Waals surface area contributed by atoms with Crippen LogP contribution in [-0.4, -0.2) is 21.2 Å². The molecule has 1 atom stereocenters. The largest absolute Gasteiger partial charge is 0.330 e. The summed E-state index contributed by atoms with van der Waals surface area (Å²) in [6, 6.07) is 5.39. The molecule has 0 spiro atoms. The Morgan fingerprint density at radius 3 is 2.40 bits per heavy atom. The summed E-state index contributed by atoms with van der Waals surface area (Å²) in [5.74, 6) is 0.261. The maximum atomic E-state index is 11.4. The van der Waals surface area contributed by atoms with Crippen molar-refractivity contribution in [2.75, 3.05) is 12.8 Å². The molecular weight excluding hydrogens is 210 g/mol. The molecule has 1 rings (SSSR count). The fourth-order valence-electron chi connectivity index (χ4n) is 1.53. The number of benzene rings is 1. The fourth-order valence-corrected chi connectivity index (χ4v) is 2.49. The molecule has 1 unspecified atom stereocenters. The molecule has 0 bridgehead atoms. The van der Waals surface area contributed by atoms with E-state index in [9.17, 15) is 8.42 Å². The molecule has 4 heteroatoms. The Bertz CT molecular complexity index is 452. The van der Waals surface area contributed by atoms with E-state index in [0.717, 1.165) is 11.1 Å². The molecule has 2 N–H and O–H groups in total. The van der Waals surface area contributed by atoms with Crippen LogP contribution < -0.4 is 5.73 Å². The van der Waals surface area contributed by atoms with Gasteiger partial charge in [0.25, 0.3) is 0 Å². The van der Waals surface area contributed by atoms with Gasteiger partial charge in [0.2, 0.25) is 0 Å². The Morgan fingerprint density at radius 1 is 1.40 bits per heavy atom. The molecular formula is C11H17NO2S. The van der Waals surface area contributed by atoms with Gasteiger partial charge >= 0.3 is 0 Å². The van der Waals surface area contributed by atoms with Gasteiger partial charge in [0, 0.05) is 6.26 Å². The zero-order chi connectivity index (χ0) is 11.6. The van der Waals surface area contributed by atoms with Gasteiger partial charge in [0.1, 0.15) is 0 Å². The first-order chi connectivity index (χ1) is 6.86. The molecule has 0 radical (unpaired) electrons. The monoisotopic (exact) mass is 227 g/mol. The van der Waals surface area contributed by atoms with Crippen LogP contribution in [0.2, 0.25) is 0 Å². The fraction of sp³-hybridized carbons (Fsp3) is 0.455. The average molecular weight is 227 g/mol. The Balaban J connectivity index is 3.21. The van der Waals surface area contributed by atoms with Crippen molar-refractivity contribution in [1.82, 2.24) is 0 Å².